The zero-order valence-corrected chi connectivity index (χ0v) is 21.1. The molecule has 2 aromatic carbocycles. The molecular formula is C24H30N4O8. The Morgan fingerprint density at radius 3 is 1.28 bits per heavy atom. The second kappa shape index (κ2) is 13.0. The van der Waals surface area contributed by atoms with Gasteiger partial charge in [0.25, 0.3) is 11.4 Å². The van der Waals surface area contributed by atoms with E-state index in [1.54, 1.807) is 0 Å². The molecule has 36 heavy (non-hydrogen) atoms. The van der Waals surface area contributed by atoms with E-state index in [0.29, 0.717) is 35.5 Å². The van der Waals surface area contributed by atoms with Crippen molar-refractivity contribution >= 4 is 23.8 Å². The van der Waals surface area contributed by atoms with Crippen molar-refractivity contribution < 1.29 is 28.8 Å². The standard InChI is InChI=1S/C24H30N4O8/c1-15(25-13-17-9-21(33-3)23(35-5)11-19(17)27(29)30)7-8-16(2)26-14-18-10-22(34-4)24(36-6)12-20(18)28(31)32/h9-16H,7-8H2,1-6H3. The van der Waals surface area contributed by atoms with Gasteiger partial charge in [-0.25, -0.2) is 0 Å². The van der Waals surface area contributed by atoms with Crippen molar-refractivity contribution in [3.63, 3.8) is 0 Å². The Bertz CT molecular complexity index is 1060. The van der Waals surface area contributed by atoms with Gasteiger partial charge in [-0.15, -0.1) is 0 Å². The van der Waals surface area contributed by atoms with Crippen LogP contribution in [0.3, 0.4) is 0 Å². The molecule has 0 aliphatic heterocycles. The maximum atomic E-state index is 11.5. The minimum atomic E-state index is -0.502. The van der Waals surface area contributed by atoms with E-state index < -0.39 is 9.85 Å². The first-order valence-corrected chi connectivity index (χ1v) is 11.0. The van der Waals surface area contributed by atoms with Crippen molar-refractivity contribution in [1.29, 1.82) is 0 Å². The predicted molar refractivity (Wildman–Crippen MR) is 136 cm³/mol. The Balaban J connectivity index is 2.10. The van der Waals surface area contributed by atoms with E-state index in [9.17, 15) is 20.2 Å². The Labute approximate surface area is 208 Å². The summed E-state index contributed by atoms with van der Waals surface area (Å²) in [7, 11) is 5.71. The highest BCUT2D eigenvalue weighted by molar-refractivity contribution is 5.87. The van der Waals surface area contributed by atoms with Gasteiger partial charge in [-0.2, -0.15) is 0 Å². The number of nitro groups is 2. The van der Waals surface area contributed by atoms with Crippen LogP contribution in [0.1, 0.15) is 37.8 Å². The van der Waals surface area contributed by atoms with E-state index in [4.69, 9.17) is 18.9 Å². The van der Waals surface area contributed by atoms with Gasteiger partial charge in [0.2, 0.25) is 0 Å². The lowest BCUT2D eigenvalue weighted by Gasteiger charge is -2.11. The van der Waals surface area contributed by atoms with E-state index in [-0.39, 0.29) is 35.0 Å². The highest BCUT2D eigenvalue weighted by atomic mass is 16.6. The van der Waals surface area contributed by atoms with Crippen LogP contribution in [0.4, 0.5) is 11.4 Å². The lowest BCUT2D eigenvalue weighted by atomic mass is 10.1. The maximum absolute atomic E-state index is 11.5. The fourth-order valence-corrected chi connectivity index (χ4v) is 3.34. The van der Waals surface area contributed by atoms with Gasteiger partial charge in [0, 0.05) is 24.5 Å². The minimum absolute atomic E-state index is 0.141. The van der Waals surface area contributed by atoms with Crippen LogP contribution in [-0.2, 0) is 0 Å². The SMILES string of the molecule is COc1cc(C=NC(C)CCC(C)N=Cc2cc(OC)c(OC)cc2[N+](=O)[O-])c([N+](=O)[O-])cc1OC. The molecule has 2 rings (SSSR count). The second-order valence-corrected chi connectivity index (χ2v) is 7.88. The van der Waals surface area contributed by atoms with Gasteiger partial charge in [-0.3, -0.25) is 30.2 Å². The smallest absolute Gasteiger partial charge is 0.282 e. The number of nitro benzene ring substituents is 2. The molecule has 2 unspecified atom stereocenters. The summed E-state index contributed by atoms with van der Waals surface area (Å²) in [5.41, 5.74) is 0.323. The van der Waals surface area contributed by atoms with Crippen LogP contribution >= 0.6 is 0 Å². The molecule has 2 atom stereocenters. The summed E-state index contributed by atoms with van der Waals surface area (Å²) in [4.78, 5) is 30.8. The number of ether oxygens (including phenoxy) is 4. The topological polar surface area (TPSA) is 148 Å². The first-order valence-electron chi connectivity index (χ1n) is 11.0. The minimum Gasteiger partial charge on any atom is -0.493 e. The maximum Gasteiger partial charge on any atom is 0.282 e. The van der Waals surface area contributed by atoms with Gasteiger partial charge in [-0.05, 0) is 38.8 Å². The number of nitrogens with zero attached hydrogens (tertiary/aromatic N) is 4. The molecule has 2 aromatic rings. The molecule has 0 N–H and O–H groups in total. The molecule has 0 fully saturated rings. The fraction of sp³-hybridized carbons (Fsp3) is 0.417. The van der Waals surface area contributed by atoms with Crippen LogP contribution in [0.25, 0.3) is 0 Å². The van der Waals surface area contributed by atoms with Gasteiger partial charge in [0.15, 0.2) is 23.0 Å². The molecule has 12 nitrogen and oxygen atoms in total. The molecule has 0 aromatic heterocycles. The van der Waals surface area contributed by atoms with Gasteiger partial charge < -0.3 is 18.9 Å². The molecule has 0 radical (unpaired) electrons. The van der Waals surface area contributed by atoms with Gasteiger partial charge >= 0.3 is 0 Å². The summed E-state index contributed by atoms with van der Waals surface area (Å²) in [6, 6.07) is 5.33. The first-order chi connectivity index (χ1) is 17.1. The van der Waals surface area contributed by atoms with Gasteiger partial charge in [-0.1, -0.05) is 0 Å². The van der Waals surface area contributed by atoms with E-state index in [2.05, 4.69) is 9.98 Å². The third-order valence-corrected chi connectivity index (χ3v) is 5.40. The van der Waals surface area contributed by atoms with Crippen LogP contribution in [-0.4, -0.2) is 62.8 Å². The average Bonchev–Trinajstić information content (AvgIpc) is 2.87. The zero-order chi connectivity index (χ0) is 26.8. The zero-order valence-electron chi connectivity index (χ0n) is 21.1. The molecule has 0 spiro atoms. The third-order valence-electron chi connectivity index (χ3n) is 5.40. The number of methoxy groups -OCH3 is 4. The second-order valence-electron chi connectivity index (χ2n) is 7.88. The lowest BCUT2D eigenvalue weighted by molar-refractivity contribution is -0.385. The van der Waals surface area contributed by atoms with Crippen molar-refractivity contribution in [2.75, 3.05) is 28.4 Å². The molecular weight excluding hydrogens is 472 g/mol. The third kappa shape index (κ3) is 7.14. The molecule has 0 heterocycles. The largest absolute Gasteiger partial charge is 0.493 e. The van der Waals surface area contributed by atoms with Crippen molar-refractivity contribution in [2.45, 2.75) is 38.8 Å². The van der Waals surface area contributed by atoms with Crippen molar-refractivity contribution in [2.24, 2.45) is 9.98 Å². The number of benzene rings is 2. The monoisotopic (exact) mass is 502 g/mol. The average molecular weight is 503 g/mol. The number of aliphatic imine (C=N–C) groups is 2. The normalized spacial score (nSPS) is 12.9. The van der Waals surface area contributed by atoms with Crippen LogP contribution in [0.15, 0.2) is 34.3 Å². The van der Waals surface area contributed by atoms with Gasteiger partial charge in [0.1, 0.15) is 0 Å². The Hall–Kier alpha value is -4.22. The lowest BCUT2D eigenvalue weighted by Crippen LogP contribution is -2.07. The summed E-state index contributed by atoms with van der Waals surface area (Å²) < 4.78 is 20.7. The highest BCUT2D eigenvalue weighted by Crippen LogP contribution is 2.35. The van der Waals surface area contributed by atoms with Gasteiger partial charge in [0.05, 0.1) is 61.5 Å². The van der Waals surface area contributed by atoms with Crippen molar-refractivity contribution in [1.82, 2.24) is 0 Å². The molecule has 0 aliphatic carbocycles. The van der Waals surface area contributed by atoms with E-state index in [0.717, 1.165) is 0 Å². The van der Waals surface area contributed by atoms with Crippen LogP contribution < -0.4 is 18.9 Å². The summed E-state index contributed by atoms with van der Waals surface area (Å²) in [6.07, 6.45) is 4.19. The number of hydrogen-bond donors (Lipinski definition) is 0. The van der Waals surface area contributed by atoms with E-state index in [1.165, 1.54) is 65.1 Å². The molecule has 12 heteroatoms. The molecule has 0 bridgehead atoms. The molecule has 0 aliphatic rings. The Morgan fingerprint density at radius 2 is 1.00 bits per heavy atom. The number of rotatable bonds is 13. The number of hydrogen-bond acceptors (Lipinski definition) is 10. The summed E-state index contributed by atoms with van der Waals surface area (Å²) >= 11 is 0. The summed E-state index contributed by atoms with van der Waals surface area (Å²) in [5, 5.41) is 22.9. The summed E-state index contributed by atoms with van der Waals surface area (Å²) in [6.45, 7) is 3.78. The summed E-state index contributed by atoms with van der Waals surface area (Å²) in [5.74, 6) is 1.25. The van der Waals surface area contributed by atoms with Crippen LogP contribution in [0.2, 0.25) is 0 Å². The van der Waals surface area contributed by atoms with Crippen LogP contribution in [0, 0.1) is 20.2 Å². The highest BCUT2D eigenvalue weighted by Gasteiger charge is 2.20. The first kappa shape index (κ1) is 28.0. The molecule has 0 saturated carbocycles. The van der Waals surface area contributed by atoms with Crippen LogP contribution in [0.5, 0.6) is 23.0 Å². The van der Waals surface area contributed by atoms with Crippen molar-refractivity contribution in [3.05, 3.63) is 55.6 Å². The quantitative estimate of drug-likeness (QED) is 0.219. The molecule has 0 amide bonds. The Kier molecular flexibility index (Phi) is 10.1. The van der Waals surface area contributed by atoms with E-state index in [1.807, 2.05) is 13.8 Å². The van der Waals surface area contributed by atoms with E-state index >= 15 is 0 Å². The molecule has 0 saturated heterocycles. The van der Waals surface area contributed by atoms with Crippen molar-refractivity contribution in [3.8, 4) is 23.0 Å². The fourth-order valence-electron chi connectivity index (χ4n) is 3.34. The predicted octanol–water partition coefficient (Wildman–Crippen LogP) is 4.63. The molecule has 194 valence electrons. The Morgan fingerprint density at radius 1 is 0.694 bits per heavy atom.